The third kappa shape index (κ3) is 4.65. The number of aryl methyl sites for hydroxylation is 1. The number of benzene rings is 2. The summed E-state index contributed by atoms with van der Waals surface area (Å²) in [5.41, 5.74) is -0.787. The molecule has 2 aromatic rings. The number of nitro groups is 1. The fourth-order valence-corrected chi connectivity index (χ4v) is 3.07. The number of halogens is 3. The average Bonchev–Trinajstić information content (AvgIpc) is 2.68. The molecule has 3 rings (SSSR count). The van der Waals surface area contributed by atoms with E-state index in [-0.39, 0.29) is 22.6 Å². The number of morpholine rings is 1. The molecule has 1 saturated heterocycles. The summed E-state index contributed by atoms with van der Waals surface area (Å²) in [4.78, 5) is 24.4. The Labute approximate surface area is 164 Å². The van der Waals surface area contributed by atoms with Crippen molar-refractivity contribution < 1.29 is 27.6 Å². The molecule has 0 saturated carbocycles. The number of carbonyl (C=O) groups is 1. The van der Waals surface area contributed by atoms with Gasteiger partial charge in [0.2, 0.25) is 0 Å². The van der Waals surface area contributed by atoms with Crippen LogP contribution >= 0.6 is 0 Å². The van der Waals surface area contributed by atoms with E-state index in [0.29, 0.717) is 31.9 Å². The number of rotatable bonds is 4. The fourth-order valence-electron chi connectivity index (χ4n) is 3.07. The summed E-state index contributed by atoms with van der Waals surface area (Å²) in [5.74, 6) is -0.736. The van der Waals surface area contributed by atoms with Crippen molar-refractivity contribution in [3.63, 3.8) is 0 Å². The lowest BCUT2D eigenvalue weighted by molar-refractivity contribution is -0.385. The third-order valence-electron chi connectivity index (χ3n) is 4.58. The highest BCUT2D eigenvalue weighted by Gasteiger charge is 2.35. The van der Waals surface area contributed by atoms with Gasteiger partial charge >= 0.3 is 6.18 Å². The standard InChI is InChI=1S/C19H18F3N3O4/c1-12-2-3-13(10-17(12)25(27)28)18(26)23-14-4-5-16(15(11-14)19(20,21)22)24-6-8-29-9-7-24/h2-5,10-11H,6-9H2,1H3,(H,23,26). The van der Waals surface area contributed by atoms with Crippen molar-refractivity contribution in [2.45, 2.75) is 13.1 Å². The van der Waals surface area contributed by atoms with Gasteiger partial charge in [0.05, 0.1) is 23.7 Å². The largest absolute Gasteiger partial charge is 0.418 e. The van der Waals surface area contributed by atoms with Gasteiger partial charge in [0.25, 0.3) is 11.6 Å². The molecule has 7 nitrogen and oxygen atoms in total. The van der Waals surface area contributed by atoms with Crippen molar-refractivity contribution in [1.29, 1.82) is 0 Å². The molecule has 0 bridgehead atoms. The highest BCUT2D eigenvalue weighted by Crippen LogP contribution is 2.38. The van der Waals surface area contributed by atoms with Gasteiger partial charge in [-0.3, -0.25) is 14.9 Å². The minimum atomic E-state index is -4.61. The van der Waals surface area contributed by atoms with Gasteiger partial charge in [-0.2, -0.15) is 13.2 Å². The molecule has 1 heterocycles. The lowest BCUT2D eigenvalue weighted by atomic mass is 10.1. The Morgan fingerprint density at radius 3 is 2.48 bits per heavy atom. The summed E-state index contributed by atoms with van der Waals surface area (Å²) in [5, 5.41) is 13.4. The Balaban J connectivity index is 1.88. The van der Waals surface area contributed by atoms with E-state index in [2.05, 4.69) is 5.32 Å². The monoisotopic (exact) mass is 409 g/mol. The van der Waals surface area contributed by atoms with Crippen LogP contribution in [0.1, 0.15) is 21.5 Å². The molecule has 0 unspecified atom stereocenters. The van der Waals surface area contributed by atoms with E-state index in [1.165, 1.54) is 31.2 Å². The van der Waals surface area contributed by atoms with Gasteiger partial charge in [0.15, 0.2) is 0 Å². The Morgan fingerprint density at radius 1 is 1.17 bits per heavy atom. The van der Waals surface area contributed by atoms with Crippen LogP contribution in [0.15, 0.2) is 36.4 Å². The molecule has 1 aliphatic heterocycles. The van der Waals surface area contributed by atoms with E-state index < -0.39 is 22.6 Å². The quantitative estimate of drug-likeness (QED) is 0.609. The van der Waals surface area contributed by atoms with Crippen molar-refractivity contribution >= 4 is 23.0 Å². The summed E-state index contributed by atoms with van der Waals surface area (Å²) >= 11 is 0. The summed E-state index contributed by atoms with van der Waals surface area (Å²) in [6.45, 7) is 2.87. The van der Waals surface area contributed by atoms with E-state index in [1.807, 2.05) is 0 Å². The first-order valence-electron chi connectivity index (χ1n) is 8.77. The topological polar surface area (TPSA) is 84.7 Å². The average molecular weight is 409 g/mol. The second-order valence-corrected chi connectivity index (χ2v) is 6.54. The van der Waals surface area contributed by atoms with Gasteiger partial charge in [-0.05, 0) is 31.2 Å². The van der Waals surface area contributed by atoms with Crippen molar-refractivity contribution in [1.82, 2.24) is 0 Å². The molecule has 1 amide bonds. The Morgan fingerprint density at radius 2 is 1.86 bits per heavy atom. The second kappa shape index (κ2) is 8.08. The number of hydrogen-bond acceptors (Lipinski definition) is 5. The van der Waals surface area contributed by atoms with Gasteiger partial charge in [0, 0.05) is 41.7 Å². The van der Waals surface area contributed by atoms with Crippen molar-refractivity contribution in [3.8, 4) is 0 Å². The summed E-state index contributed by atoms with van der Waals surface area (Å²) < 4.78 is 45.9. The maximum Gasteiger partial charge on any atom is 0.418 e. The van der Waals surface area contributed by atoms with Crippen LogP contribution in [0.2, 0.25) is 0 Å². The van der Waals surface area contributed by atoms with E-state index in [1.54, 1.807) is 4.90 Å². The highest BCUT2D eigenvalue weighted by molar-refractivity contribution is 6.04. The number of anilines is 2. The number of nitrogens with zero attached hydrogens (tertiary/aromatic N) is 2. The van der Waals surface area contributed by atoms with Crippen LogP contribution in [0.3, 0.4) is 0 Å². The third-order valence-corrected chi connectivity index (χ3v) is 4.58. The first-order valence-corrected chi connectivity index (χ1v) is 8.77. The minimum Gasteiger partial charge on any atom is -0.378 e. The maximum atomic E-state index is 13.6. The van der Waals surface area contributed by atoms with E-state index in [0.717, 1.165) is 12.1 Å². The predicted molar refractivity (Wildman–Crippen MR) is 100 cm³/mol. The van der Waals surface area contributed by atoms with Gasteiger partial charge < -0.3 is 15.0 Å². The molecule has 10 heteroatoms. The molecule has 154 valence electrons. The fraction of sp³-hybridized carbons (Fsp3) is 0.316. The molecule has 29 heavy (non-hydrogen) atoms. The van der Waals surface area contributed by atoms with E-state index in [9.17, 15) is 28.1 Å². The van der Waals surface area contributed by atoms with Crippen molar-refractivity contribution in [3.05, 3.63) is 63.2 Å². The Hall–Kier alpha value is -3.14. The normalized spacial score (nSPS) is 14.6. The molecule has 2 aromatic carbocycles. The summed E-state index contributed by atoms with van der Waals surface area (Å²) in [6, 6.07) is 7.44. The summed E-state index contributed by atoms with van der Waals surface area (Å²) in [6.07, 6.45) is -4.61. The van der Waals surface area contributed by atoms with Crippen LogP contribution in [0.25, 0.3) is 0 Å². The minimum absolute atomic E-state index is 0.0183. The van der Waals surface area contributed by atoms with Gasteiger partial charge in [-0.1, -0.05) is 6.07 Å². The van der Waals surface area contributed by atoms with Crippen LogP contribution in [0, 0.1) is 17.0 Å². The first kappa shape index (κ1) is 20.6. The zero-order valence-electron chi connectivity index (χ0n) is 15.5. The van der Waals surface area contributed by atoms with Crippen LogP contribution in [-0.4, -0.2) is 37.1 Å². The van der Waals surface area contributed by atoms with Gasteiger partial charge in [-0.25, -0.2) is 0 Å². The molecule has 0 spiro atoms. The molecule has 0 aromatic heterocycles. The number of alkyl halides is 3. The smallest absolute Gasteiger partial charge is 0.378 e. The maximum absolute atomic E-state index is 13.6. The molecule has 0 atom stereocenters. The molecule has 0 aliphatic carbocycles. The Bertz CT molecular complexity index is 941. The van der Waals surface area contributed by atoms with Gasteiger partial charge in [0.1, 0.15) is 0 Å². The second-order valence-electron chi connectivity index (χ2n) is 6.54. The number of nitrogens with one attached hydrogen (secondary N) is 1. The number of carbonyl (C=O) groups excluding carboxylic acids is 1. The van der Waals surface area contributed by atoms with Crippen LogP contribution in [0.4, 0.5) is 30.2 Å². The number of hydrogen-bond donors (Lipinski definition) is 1. The summed E-state index contributed by atoms with van der Waals surface area (Å²) in [7, 11) is 0. The number of ether oxygens (including phenoxy) is 1. The molecular weight excluding hydrogens is 391 g/mol. The van der Waals surface area contributed by atoms with Crippen LogP contribution < -0.4 is 10.2 Å². The molecule has 1 aliphatic rings. The van der Waals surface area contributed by atoms with Crippen LogP contribution in [0.5, 0.6) is 0 Å². The van der Waals surface area contributed by atoms with E-state index >= 15 is 0 Å². The zero-order chi connectivity index (χ0) is 21.2. The van der Waals surface area contributed by atoms with Gasteiger partial charge in [-0.15, -0.1) is 0 Å². The van der Waals surface area contributed by atoms with E-state index in [4.69, 9.17) is 4.74 Å². The SMILES string of the molecule is Cc1ccc(C(=O)Nc2ccc(N3CCOCC3)c(C(F)(F)F)c2)cc1[N+](=O)[O-]. The zero-order valence-corrected chi connectivity index (χ0v) is 15.5. The molecule has 1 fully saturated rings. The predicted octanol–water partition coefficient (Wildman–Crippen LogP) is 4.01. The number of amides is 1. The molecule has 1 N–H and O–H groups in total. The Kier molecular flexibility index (Phi) is 5.73. The lowest BCUT2D eigenvalue weighted by Crippen LogP contribution is -2.37. The highest BCUT2D eigenvalue weighted by atomic mass is 19.4. The van der Waals surface area contributed by atoms with Crippen molar-refractivity contribution in [2.75, 3.05) is 36.5 Å². The first-order chi connectivity index (χ1) is 13.7. The lowest BCUT2D eigenvalue weighted by Gasteiger charge is -2.31. The molecular formula is C19H18F3N3O4. The number of nitro benzene ring substituents is 1. The van der Waals surface area contributed by atoms with Crippen molar-refractivity contribution in [2.24, 2.45) is 0 Å². The van der Waals surface area contributed by atoms with Crippen LogP contribution in [-0.2, 0) is 10.9 Å². The molecule has 0 radical (unpaired) electrons.